The number of carboxylic acid groups (broad SMARTS) is 2. The van der Waals surface area contributed by atoms with Crippen molar-refractivity contribution in [3.63, 3.8) is 0 Å². The number of carbonyl (C=O) groups is 2. The van der Waals surface area contributed by atoms with Gasteiger partial charge in [0.2, 0.25) is 0 Å². The van der Waals surface area contributed by atoms with Crippen molar-refractivity contribution in [2.24, 2.45) is 5.41 Å². The molecule has 0 aliphatic carbocycles. The molecule has 2 N–H and O–H groups in total. The topological polar surface area (TPSA) is 74.6 Å². The van der Waals surface area contributed by atoms with E-state index in [1.54, 1.807) is 0 Å². The van der Waals surface area contributed by atoms with Gasteiger partial charge in [0, 0.05) is 0 Å². The third-order valence-corrected chi connectivity index (χ3v) is 1.07. The van der Waals surface area contributed by atoms with E-state index in [0.717, 1.165) is 13.8 Å². The maximum Gasteiger partial charge on any atom is 2.00 e. The Balaban J connectivity index is -0.000000107. The van der Waals surface area contributed by atoms with E-state index in [-0.39, 0.29) is 40.6 Å². The third kappa shape index (κ3) is 2.86. The van der Waals surface area contributed by atoms with E-state index in [2.05, 4.69) is 0 Å². The molecule has 0 aliphatic rings. The van der Waals surface area contributed by atoms with Crippen LogP contribution in [0.3, 0.4) is 0 Å². The van der Waals surface area contributed by atoms with Gasteiger partial charge in [-0.15, -0.1) is 0 Å². The average Bonchev–Trinajstić information content (AvgIpc) is 1.65. The predicted molar refractivity (Wildman–Crippen MR) is 37.0 cm³/mol. The molecule has 0 aromatic rings. The smallest absolute Gasteiger partial charge is 1.00 e. The maximum atomic E-state index is 10.1. The van der Waals surface area contributed by atoms with Crippen LogP contribution in [0.4, 0.5) is 0 Å². The summed E-state index contributed by atoms with van der Waals surface area (Å²) < 4.78 is 0. The number of hydrogen-bond donors (Lipinski definition) is 2. The van der Waals surface area contributed by atoms with E-state index in [1.165, 1.54) is 0 Å². The number of carboxylic acids is 2. The van der Waals surface area contributed by atoms with Gasteiger partial charge in [0.15, 0.2) is 5.41 Å². The van der Waals surface area contributed by atoms with Crippen molar-refractivity contribution >= 4 is 49.7 Å². The van der Waals surface area contributed by atoms with Crippen LogP contribution in [0.1, 0.15) is 16.7 Å². The Morgan fingerprint density at radius 3 is 1.40 bits per heavy atom. The zero-order valence-corrected chi connectivity index (χ0v) is 8.13. The van der Waals surface area contributed by atoms with Crippen molar-refractivity contribution in [3.8, 4) is 0 Å². The molecule has 0 heterocycles. The summed E-state index contributed by atoms with van der Waals surface area (Å²) in [5.74, 6) is -2.65. The van der Waals surface area contributed by atoms with Gasteiger partial charge in [-0.3, -0.25) is 9.59 Å². The van der Waals surface area contributed by atoms with Crippen LogP contribution in [-0.2, 0) is 9.59 Å². The van der Waals surface area contributed by atoms with Gasteiger partial charge in [0.25, 0.3) is 0 Å². The molecule has 0 spiro atoms. The van der Waals surface area contributed by atoms with Crippen LogP contribution < -0.4 is 0 Å². The molecule has 0 atom stereocenters. The van der Waals surface area contributed by atoms with Crippen molar-refractivity contribution in [1.82, 2.24) is 0 Å². The molecule has 56 valence electrons. The Morgan fingerprint density at radius 1 is 1.20 bits per heavy atom. The molecular formula is C5H10CaO4. The van der Waals surface area contributed by atoms with Crippen LogP contribution in [0, 0.1) is 5.41 Å². The van der Waals surface area contributed by atoms with Crippen molar-refractivity contribution in [2.75, 3.05) is 0 Å². The first-order valence-electron chi connectivity index (χ1n) is 2.36. The quantitative estimate of drug-likeness (QED) is 0.457. The Kier molecular flexibility index (Phi) is 5.34. The molecule has 0 amide bonds. The zero-order chi connectivity index (χ0) is 7.65. The fourth-order valence-electron chi connectivity index (χ4n) is 0.0915. The van der Waals surface area contributed by atoms with Gasteiger partial charge in [-0.2, -0.15) is 0 Å². The standard InChI is InChI=1S/C5H8O4.Ca.2H/c1-5(2,3(6)7)4(8)9;;;/h1-2H3,(H,6,7)(H,8,9);;;/q;+2;2*-1. The normalized spacial score (nSPS) is 9.80. The first-order chi connectivity index (χ1) is 3.89. The van der Waals surface area contributed by atoms with Crippen molar-refractivity contribution in [1.29, 1.82) is 0 Å². The van der Waals surface area contributed by atoms with Crippen LogP contribution in [0.2, 0.25) is 0 Å². The van der Waals surface area contributed by atoms with Crippen molar-refractivity contribution < 1.29 is 22.7 Å². The van der Waals surface area contributed by atoms with E-state index in [4.69, 9.17) is 10.2 Å². The molecule has 0 rings (SSSR count). The molecule has 5 heteroatoms. The average molecular weight is 174 g/mol. The Hall–Kier alpha value is 0.200. The first-order valence-corrected chi connectivity index (χ1v) is 2.36. The summed E-state index contributed by atoms with van der Waals surface area (Å²) in [4.78, 5) is 20.2. The van der Waals surface area contributed by atoms with Gasteiger partial charge in [-0.1, -0.05) is 0 Å². The second-order valence-corrected chi connectivity index (χ2v) is 2.24. The monoisotopic (exact) mass is 174 g/mol. The summed E-state index contributed by atoms with van der Waals surface area (Å²) in [5.41, 5.74) is -1.67. The molecule has 0 aromatic carbocycles. The number of rotatable bonds is 2. The van der Waals surface area contributed by atoms with Crippen LogP contribution in [0.5, 0.6) is 0 Å². The van der Waals surface area contributed by atoms with Gasteiger partial charge in [-0.05, 0) is 13.8 Å². The molecule has 0 fully saturated rings. The van der Waals surface area contributed by atoms with E-state index < -0.39 is 17.4 Å². The summed E-state index contributed by atoms with van der Waals surface area (Å²) >= 11 is 0. The van der Waals surface area contributed by atoms with E-state index in [1.807, 2.05) is 0 Å². The minimum absolute atomic E-state index is 0. The second-order valence-electron chi connectivity index (χ2n) is 2.24. The van der Waals surface area contributed by atoms with Gasteiger partial charge in [-0.25, -0.2) is 0 Å². The molecule has 0 saturated heterocycles. The largest absolute Gasteiger partial charge is 2.00 e. The molecule has 4 nitrogen and oxygen atoms in total. The first kappa shape index (κ1) is 12.8. The Bertz CT molecular complexity index is 144. The third-order valence-electron chi connectivity index (χ3n) is 1.07. The van der Waals surface area contributed by atoms with Gasteiger partial charge >= 0.3 is 49.7 Å². The second kappa shape index (κ2) is 4.16. The Labute approximate surface area is 91.2 Å². The minimum Gasteiger partial charge on any atom is -1.00 e. The van der Waals surface area contributed by atoms with E-state index >= 15 is 0 Å². The number of aliphatic carboxylic acids is 2. The summed E-state index contributed by atoms with van der Waals surface area (Å²) in [7, 11) is 0. The number of hydrogen-bond acceptors (Lipinski definition) is 2. The van der Waals surface area contributed by atoms with Crippen LogP contribution >= 0.6 is 0 Å². The summed E-state index contributed by atoms with van der Waals surface area (Å²) in [6.07, 6.45) is 0. The fourth-order valence-corrected chi connectivity index (χ4v) is 0.0915. The van der Waals surface area contributed by atoms with E-state index in [9.17, 15) is 9.59 Å². The Morgan fingerprint density at radius 2 is 1.40 bits per heavy atom. The molecule has 0 saturated carbocycles. The molecular weight excluding hydrogens is 164 g/mol. The van der Waals surface area contributed by atoms with Crippen LogP contribution in [-0.4, -0.2) is 59.9 Å². The molecule has 0 aliphatic heterocycles. The summed E-state index contributed by atoms with van der Waals surface area (Å²) in [6.45, 7) is 2.27. The van der Waals surface area contributed by atoms with Crippen LogP contribution in [0.15, 0.2) is 0 Å². The summed E-state index contributed by atoms with van der Waals surface area (Å²) in [5, 5.41) is 16.5. The van der Waals surface area contributed by atoms with Gasteiger partial charge in [0.1, 0.15) is 0 Å². The van der Waals surface area contributed by atoms with Gasteiger partial charge in [0.05, 0.1) is 0 Å². The minimum atomic E-state index is -1.67. The molecule has 0 unspecified atom stereocenters. The molecule has 10 heavy (non-hydrogen) atoms. The van der Waals surface area contributed by atoms with Gasteiger partial charge < -0.3 is 13.1 Å². The zero-order valence-electron chi connectivity index (χ0n) is 7.92. The van der Waals surface area contributed by atoms with E-state index in [0.29, 0.717) is 0 Å². The maximum absolute atomic E-state index is 10.1. The summed E-state index contributed by atoms with van der Waals surface area (Å²) in [6, 6.07) is 0. The van der Waals surface area contributed by atoms with Crippen LogP contribution in [0.25, 0.3) is 0 Å². The molecule has 0 radical (unpaired) electrons. The predicted octanol–water partition coefficient (Wildman–Crippen LogP) is 0.0260. The molecule has 0 bridgehead atoms. The fraction of sp³-hybridized carbons (Fsp3) is 0.600. The van der Waals surface area contributed by atoms with Crippen molar-refractivity contribution in [2.45, 2.75) is 13.8 Å². The molecule has 0 aromatic heterocycles. The van der Waals surface area contributed by atoms with Crippen molar-refractivity contribution in [3.05, 3.63) is 0 Å². The SMILES string of the molecule is CC(C)(C(=O)O)C(=O)O.[Ca+2].[H-].[H-].